The third kappa shape index (κ3) is 4.62. The Morgan fingerprint density at radius 3 is 2.55 bits per heavy atom. The number of rotatable bonds is 5. The van der Waals surface area contributed by atoms with Crippen LogP contribution in [0.25, 0.3) is 23.2 Å². The Kier molecular flexibility index (Phi) is 5.39. The van der Waals surface area contributed by atoms with E-state index in [1.165, 1.54) is 12.3 Å². The van der Waals surface area contributed by atoms with E-state index in [1.54, 1.807) is 0 Å². The van der Waals surface area contributed by atoms with Gasteiger partial charge in [-0.25, -0.2) is 18.4 Å². The second-order valence-corrected chi connectivity index (χ2v) is 5.90. The fraction of sp³-hybridized carbons (Fsp3) is 0.111. The summed E-state index contributed by atoms with van der Waals surface area (Å²) in [5.74, 6) is -1.74. The van der Waals surface area contributed by atoms with E-state index < -0.39 is 30.1 Å². The first kappa shape index (κ1) is 20.1. The zero-order chi connectivity index (χ0) is 21.2. The summed E-state index contributed by atoms with van der Waals surface area (Å²) in [5, 5.41) is 3.97. The summed E-state index contributed by atoms with van der Waals surface area (Å²) >= 11 is 0. The molecule has 0 unspecified atom stereocenters. The van der Waals surface area contributed by atoms with Gasteiger partial charge >= 0.3 is 6.18 Å². The number of primary amides is 1. The fourth-order valence-corrected chi connectivity index (χ4v) is 2.50. The third-order valence-electron chi connectivity index (χ3n) is 3.78. The predicted octanol–water partition coefficient (Wildman–Crippen LogP) is 3.45. The number of carbonyl (C=O) groups excluding carboxylic acids is 1. The number of hydrogen-bond donors (Lipinski definition) is 1. The molecule has 3 rings (SSSR count). The molecule has 2 aromatic heterocycles. The summed E-state index contributed by atoms with van der Waals surface area (Å²) in [7, 11) is 0. The van der Waals surface area contributed by atoms with Crippen LogP contribution in [0, 0.1) is 5.82 Å². The van der Waals surface area contributed by atoms with E-state index in [9.17, 15) is 26.7 Å². The molecule has 3 aromatic rings. The minimum Gasteiger partial charge on any atom is -0.366 e. The quantitative estimate of drug-likeness (QED) is 0.517. The number of aromatic nitrogens is 4. The van der Waals surface area contributed by atoms with E-state index in [1.807, 2.05) is 0 Å². The Hall–Kier alpha value is -3.63. The van der Waals surface area contributed by atoms with E-state index in [0.717, 1.165) is 35.5 Å². The maximum Gasteiger partial charge on any atom is 0.416 e. The summed E-state index contributed by atoms with van der Waals surface area (Å²) in [5.41, 5.74) is 3.94. The molecule has 0 aliphatic heterocycles. The largest absolute Gasteiger partial charge is 0.416 e. The summed E-state index contributed by atoms with van der Waals surface area (Å²) in [6.07, 6.45) is -0.297. The van der Waals surface area contributed by atoms with Crippen LogP contribution in [0.1, 0.15) is 16.7 Å². The Morgan fingerprint density at radius 1 is 1.17 bits per heavy atom. The molecule has 29 heavy (non-hydrogen) atoms. The molecular formula is C18H12F5N5O. The average molecular weight is 409 g/mol. The van der Waals surface area contributed by atoms with Crippen LogP contribution in [-0.4, -0.2) is 25.7 Å². The van der Waals surface area contributed by atoms with Gasteiger partial charge in [-0.3, -0.25) is 9.78 Å². The topological polar surface area (TPSA) is 86.7 Å². The SMILES string of the molecule is NC(=O)/C(=C/n1cnc(-c2cc(CF)cc(C(F)(F)F)c2)n1)c1cncc(F)c1. The van der Waals surface area contributed by atoms with Gasteiger partial charge in [0.1, 0.15) is 18.8 Å². The lowest BCUT2D eigenvalue weighted by Gasteiger charge is -2.09. The minimum atomic E-state index is -4.67. The van der Waals surface area contributed by atoms with Gasteiger partial charge in [-0.15, -0.1) is 5.10 Å². The summed E-state index contributed by atoms with van der Waals surface area (Å²) < 4.78 is 66.4. The van der Waals surface area contributed by atoms with E-state index in [0.29, 0.717) is 6.07 Å². The summed E-state index contributed by atoms with van der Waals surface area (Å²) in [6, 6.07) is 3.70. The number of hydrogen-bond acceptors (Lipinski definition) is 4. The standard InChI is InChI=1S/C18H12F5N5O/c19-5-10-1-11(3-13(2-10)18(21,22)23)17-26-9-28(27-17)8-15(16(24)29)12-4-14(20)7-25-6-12/h1-4,6-9H,5H2,(H2,24,29)/b15-8+. The van der Waals surface area contributed by atoms with Crippen LogP contribution >= 0.6 is 0 Å². The van der Waals surface area contributed by atoms with Gasteiger partial charge in [0.05, 0.1) is 17.3 Å². The van der Waals surface area contributed by atoms with Crippen molar-refractivity contribution >= 4 is 17.7 Å². The van der Waals surface area contributed by atoms with Crippen LogP contribution < -0.4 is 5.73 Å². The van der Waals surface area contributed by atoms with Crippen LogP contribution in [0.15, 0.2) is 43.0 Å². The van der Waals surface area contributed by atoms with Crippen molar-refractivity contribution in [2.75, 3.05) is 0 Å². The lowest BCUT2D eigenvalue weighted by atomic mass is 10.1. The molecule has 1 amide bonds. The van der Waals surface area contributed by atoms with Crippen molar-refractivity contribution in [3.8, 4) is 11.4 Å². The number of benzene rings is 1. The molecular weight excluding hydrogens is 397 g/mol. The van der Waals surface area contributed by atoms with Gasteiger partial charge in [0.2, 0.25) is 0 Å². The molecule has 0 atom stereocenters. The van der Waals surface area contributed by atoms with Gasteiger partial charge in [0, 0.05) is 23.5 Å². The van der Waals surface area contributed by atoms with Crippen LogP contribution in [0.2, 0.25) is 0 Å². The highest BCUT2D eigenvalue weighted by molar-refractivity contribution is 6.22. The molecule has 0 spiro atoms. The molecule has 0 radical (unpaired) electrons. The summed E-state index contributed by atoms with van der Waals surface area (Å²) in [6.45, 7) is -1.10. The maximum atomic E-state index is 13.4. The maximum absolute atomic E-state index is 13.4. The van der Waals surface area contributed by atoms with E-state index in [2.05, 4.69) is 15.1 Å². The highest BCUT2D eigenvalue weighted by Crippen LogP contribution is 2.33. The molecule has 2 heterocycles. The predicted molar refractivity (Wildman–Crippen MR) is 92.8 cm³/mol. The molecule has 2 N–H and O–H groups in total. The molecule has 11 heteroatoms. The van der Waals surface area contributed by atoms with Crippen molar-refractivity contribution < 1.29 is 26.7 Å². The molecule has 150 valence electrons. The van der Waals surface area contributed by atoms with Gasteiger partial charge in [0.15, 0.2) is 5.82 Å². The summed E-state index contributed by atoms with van der Waals surface area (Å²) in [4.78, 5) is 19.2. The molecule has 0 bridgehead atoms. The smallest absolute Gasteiger partial charge is 0.366 e. The fourth-order valence-electron chi connectivity index (χ4n) is 2.50. The van der Waals surface area contributed by atoms with Crippen LogP contribution in [0.5, 0.6) is 0 Å². The first-order valence-corrected chi connectivity index (χ1v) is 7.98. The average Bonchev–Trinajstić information content (AvgIpc) is 3.13. The second-order valence-electron chi connectivity index (χ2n) is 5.90. The lowest BCUT2D eigenvalue weighted by Crippen LogP contribution is -2.14. The normalized spacial score (nSPS) is 12.2. The number of nitrogens with zero attached hydrogens (tertiary/aromatic N) is 4. The molecule has 0 fully saturated rings. The molecule has 0 aliphatic rings. The molecule has 0 saturated heterocycles. The van der Waals surface area contributed by atoms with Crippen molar-refractivity contribution in [2.45, 2.75) is 12.9 Å². The van der Waals surface area contributed by atoms with E-state index in [-0.39, 0.29) is 28.1 Å². The Bertz CT molecular complexity index is 1090. The second kappa shape index (κ2) is 7.78. The van der Waals surface area contributed by atoms with Crippen LogP contribution in [0.4, 0.5) is 22.0 Å². The molecule has 0 saturated carbocycles. The van der Waals surface area contributed by atoms with Crippen molar-refractivity contribution in [1.82, 2.24) is 19.7 Å². The van der Waals surface area contributed by atoms with Gasteiger partial charge in [0.25, 0.3) is 5.91 Å². The highest BCUT2D eigenvalue weighted by Gasteiger charge is 2.31. The molecule has 0 aliphatic carbocycles. The number of amides is 1. The van der Waals surface area contributed by atoms with Crippen LogP contribution in [-0.2, 0) is 17.6 Å². The van der Waals surface area contributed by atoms with Crippen molar-refractivity contribution in [3.05, 3.63) is 65.5 Å². The van der Waals surface area contributed by atoms with E-state index in [4.69, 9.17) is 5.73 Å². The first-order chi connectivity index (χ1) is 13.7. The third-order valence-corrected chi connectivity index (χ3v) is 3.78. The highest BCUT2D eigenvalue weighted by atomic mass is 19.4. The van der Waals surface area contributed by atoms with Gasteiger partial charge in [-0.05, 0) is 29.8 Å². The van der Waals surface area contributed by atoms with E-state index >= 15 is 0 Å². The molecule has 6 nitrogen and oxygen atoms in total. The Morgan fingerprint density at radius 2 is 1.93 bits per heavy atom. The lowest BCUT2D eigenvalue weighted by molar-refractivity contribution is -0.137. The van der Waals surface area contributed by atoms with Crippen molar-refractivity contribution in [2.24, 2.45) is 5.73 Å². The van der Waals surface area contributed by atoms with Crippen LogP contribution in [0.3, 0.4) is 0 Å². The number of alkyl halides is 4. The van der Waals surface area contributed by atoms with Gasteiger partial charge in [-0.1, -0.05) is 0 Å². The number of nitrogens with two attached hydrogens (primary N) is 1. The van der Waals surface area contributed by atoms with Crippen molar-refractivity contribution in [3.63, 3.8) is 0 Å². The zero-order valence-corrected chi connectivity index (χ0v) is 14.5. The minimum absolute atomic E-state index is 0.0623. The Balaban J connectivity index is 2.02. The zero-order valence-electron chi connectivity index (χ0n) is 14.5. The number of pyridine rings is 1. The molecule has 1 aromatic carbocycles. The monoisotopic (exact) mass is 409 g/mol. The van der Waals surface area contributed by atoms with Crippen molar-refractivity contribution in [1.29, 1.82) is 0 Å². The van der Waals surface area contributed by atoms with Gasteiger partial charge < -0.3 is 5.73 Å². The Labute approximate surface area is 160 Å². The number of halogens is 5. The number of carbonyl (C=O) groups is 1. The first-order valence-electron chi connectivity index (χ1n) is 7.98. The van der Waals surface area contributed by atoms with Gasteiger partial charge in [-0.2, -0.15) is 13.2 Å².